The molecule has 0 aliphatic rings. The number of hydrogen-bond donors (Lipinski definition) is 2. The molecule has 1 amide bonds. The van der Waals surface area contributed by atoms with Crippen LogP contribution in [0.1, 0.15) is 36.8 Å². The number of carbonyl (C=O) groups excluding carboxylic acids is 1. The number of benzene rings is 1. The molecule has 0 atom stereocenters. The molecule has 2 N–H and O–H groups in total. The third kappa shape index (κ3) is 4.56. The molecule has 0 saturated carbocycles. The zero-order chi connectivity index (χ0) is 15.5. The van der Waals surface area contributed by atoms with Gasteiger partial charge in [-0.05, 0) is 39.8 Å². The van der Waals surface area contributed by atoms with Gasteiger partial charge >= 0.3 is 0 Å². The minimum absolute atomic E-state index is 0.126. The van der Waals surface area contributed by atoms with Crippen LogP contribution >= 0.6 is 0 Å². The highest BCUT2D eigenvalue weighted by atomic mass is 16.1. The van der Waals surface area contributed by atoms with E-state index in [1.807, 2.05) is 52.0 Å². The fourth-order valence-corrected chi connectivity index (χ4v) is 1.77. The molecule has 0 unspecified atom stereocenters. The van der Waals surface area contributed by atoms with Gasteiger partial charge in [-0.3, -0.25) is 4.79 Å². The molecular weight excluding hydrogens is 264 g/mol. The second-order valence-electron chi connectivity index (χ2n) is 5.98. The highest BCUT2D eigenvalue weighted by molar-refractivity contribution is 6.03. The summed E-state index contributed by atoms with van der Waals surface area (Å²) in [5.41, 5.74) is 2.09. The Morgan fingerprint density at radius 3 is 2.38 bits per heavy atom. The molecule has 0 radical (unpaired) electrons. The van der Waals surface area contributed by atoms with Crippen LogP contribution in [0.25, 0.3) is 0 Å². The third-order valence-electron chi connectivity index (χ3n) is 2.71. The summed E-state index contributed by atoms with van der Waals surface area (Å²) in [4.78, 5) is 20.3. The zero-order valence-corrected chi connectivity index (χ0v) is 12.8. The molecule has 5 nitrogen and oxygen atoms in total. The predicted molar refractivity (Wildman–Crippen MR) is 84.5 cm³/mol. The van der Waals surface area contributed by atoms with E-state index in [0.29, 0.717) is 11.5 Å². The van der Waals surface area contributed by atoms with Crippen LogP contribution in [0.5, 0.6) is 0 Å². The van der Waals surface area contributed by atoms with Crippen molar-refractivity contribution in [3.05, 3.63) is 47.9 Å². The average Bonchev–Trinajstić information content (AvgIpc) is 2.40. The van der Waals surface area contributed by atoms with Crippen molar-refractivity contribution in [1.29, 1.82) is 0 Å². The Morgan fingerprint density at radius 1 is 1.10 bits per heavy atom. The van der Waals surface area contributed by atoms with E-state index in [1.54, 1.807) is 6.07 Å². The summed E-state index contributed by atoms with van der Waals surface area (Å²) < 4.78 is 0. The van der Waals surface area contributed by atoms with Gasteiger partial charge in [0.15, 0.2) is 0 Å². The third-order valence-corrected chi connectivity index (χ3v) is 2.71. The van der Waals surface area contributed by atoms with Crippen LogP contribution in [-0.2, 0) is 0 Å². The second-order valence-corrected chi connectivity index (χ2v) is 5.98. The van der Waals surface area contributed by atoms with Crippen LogP contribution in [0, 0.1) is 6.92 Å². The van der Waals surface area contributed by atoms with Gasteiger partial charge in [0.25, 0.3) is 5.91 Å². The maximum absolute atomic E-state index is 12.2. The van der Waals surface area contributed by atoms with E-state index in [1.165, 1.54) is 6.33 Å². The summed E-state index contributed by atoms with van der Waals surface area (Å²) in [7, 11) is 0. The Balaban J connectivity index is 2.12. The molecule has 1 aromatic heterocycles. The van der Waals surface area contributed by atoms with E-state index in [9.17, 15) is 4.79 Å². The molecule has 0 bridgehead atoms. The van der Waals surface area contributed by atoms with E-state index in [4.69, 9.17) is 0 Å². The smallest absolute Gasteiger partial charge is 0.274 e. The van der Waals surface area contributed by atoms with Crippen LogP contribution in [0.4, 0.5) is 11.5 Å². The van der Waals surface area contributed by atoms with E-state index in [2.05, 4.69) is 20.6 Å². The summed E-state index contributed by atoms with van der Waals surface area (Å²) in [6.07, 6.45) is 1.39. The van der Waals surface area contributed by atoms with Crippen LogP contribution < -0.4 is 10.6 Å². The minimum Gasteiger partial charge on any atom is -0.365 e. The number of nitrogens with one attached hydrogen (secondary N) is 2. The molecule has 1 heterocycles. The van der Waals surface area contributed by atoms with Crippen LogP contribution in [-0.4, -0.2) is 21.4 Å². The molecule has 2 rings (SSSR count). The standard InChI is InChI=1S/C16H20N4O/c1-11-5-7-12(8-6-11)19-15(21)13-9-14(18-10-17-13)20-16(2,3)4/h5-10H,1-4H3,(H,19,21)(H,17,18,20). The monoisotopic (exact) mass is 284 g/mol. The number of aromatic nitrogens is 2. The summed E-state index contributed by atoms with van der Waals surface area (Å²) in [6.45, 7) is 8.09. The van der Waals surface area contributed by atoms with Crippen LogP contribution in [0.3, 0.4) is 0 Å². The first-order valence-corrected chi connectivity index (χ1v) is 6.82. The fraction of sp³-hybridized carbons (Fsp3) is 0.312. The van der Waals surface area contributed by atoms with E-state index in [-0.39, 0.29) is 11.4 Å². The summed E-state index contributed by atoms with van der Waals surface area (Å²) in [6, 6.07) is 9.27. The number of hydrogen-bond acceptors (Lipinski definition) is 4. The minimum atomic E-state index is -0.252. The normalized spacial score (nSPS) is 11.0. The van der Waals surface area contributed by atoms with Crippen molar-refractivity contribution >= 4 is 17.4 Å². The molecule has 1 aromatic carbocycles. The molecular formula is C16H20N4O. The highest BCUT2D eigenvalue weighted by Gasteiger charge is 2.13. The van der Waals surface area contributed by atoms with Gasteiger partial charge in [0.2, 0.25) is 0 Å². The summed E-state index contributed by atoms with van der Waals surface area (Å²) in [5, 5.41) is 6.04. The SMILES string of the molecule is Cc1ccc(NC(=O)c2cc(NC(C)(C)C)ncn2)cc1. The molecule has 0 spiro atoms. The Bertz CT molecular complexity index is 629. The van der Waals surface area contributed by atoms with Crippen molar-refractivity contribution in [3.63, 3.8) is 0 Å². The lowest BCUT2D eigenvalue weighted by molar-refractivity contribution is 0.102. The lowest BCUT2D eigenvalue weighted by Gasteiger charge is -2.21. The zero-order valence-electron chi connectivity index (χ0n) is 12.8. The average molecular weight is 284 g/mol. The number of amides is 1. The van der Waals surface area contributed by atoms with E-state index >= 15 is 0 Å². The number of aryl methyl sites for hydroxylation is 1. The Morgan fingerprint density at radius 2 is 1.76 bits per heavy atom. The van der Waals surface area contributed by atoms with Gasteiger partial charge in [-0.15, -0.1) is 0 Å². The maximum Gasteiger partial charge on any atom is 0.274 e. The number of nitrogens with zero attached hydrogens (tertiary/aromatic N) is 2. The van der Waals surface area contributed by atoms with Gasteiger partial charge in [0.05, 0.1) is 0 Å². The number of anilines is 2. The van der Waals surface area contributed by atoms with Gasteiger partial charge in [-0.2, -0.15) is 0 Å². The van der Waals surface area contributed by atoms with E-state index < -0.39 is 0 Å². The van der Waals surface area contributed by atoms with Crippen LogP contribution in [0.15, 0.2) is 36.7 Å². The first-order valence-electron chi connectivity index (χ1n) is 6.82. The molecule has 0 aliphatic heterocycles. The van der Waals surface area contributed by atoms with Gasteiger partial charge in [0, 0.05) is 17.3 Å². The number of carbonyl (C=O) groups is 1. The first kappa shape index (κ1) is 15.0. The highest BCUT2D eigenvalue weighted by Crippen LogP contribution is 2.14. The van der Waals surface area contributed by atoms with Crippen molar-refractivity contribution < 1.29 is 4.79 Å². The predicted octanol–water partition coefficient (Wildman–Crippen LogP) is 3.25. The van der Waals surface area contributed by atoms with Gasteiger partial charge < -0.3 is 10.6 Å². The van der Waals surface area contributed by atoms with Crippen molar-refractivity contribution in [2.24, 2.45) is 0 Å². The van der Waals surface area contributed by atoms with Crippen molar-refractivity contribution in [1.82, 2.24) is 9.97 Å². The summed E-state index contributed by atoms with van der Waals surface area (Å²) in [5.74, 6) is 0.379. The van der Waals surface area contributed by atoms with Gasteiger partial charge in [-0.1, -0.05) is 17.7 Å². The lowest BCUT2D eigenvalue weighted by atomic mass is 10.1. The Hall–Kier alpha value is -2.43. The fourth-order valence-electron chi connectivity index (χ4n) is 1.77. The largest absolute Gasteiger partial charge is 0.365 e. The second kappa shape index (κ2) is 5.91. The summed E-state index contributed by atoms with van der Waals surface area (Å²) >= 11 is 0. The molecule has 2 aromatic rings. The van der Waals surface area contributed by atoms with Crippen LogP contribution in [0.2, 0.25) is 0 Å². The topological polar surface area (TPSA) is 66.9 Å². The Kier molecular flexibility index (Phi) is 4.21. The maximum atomic E-state index is 12.2. The Labute approximate surface area is 124 Å². The molecule has 0 saturated heterocycles. The molecule has 21 heavy (non-hydrogen) atoms. The first-order chi connectivity index (χ1) is 9.83. The molecule has 0 aliphatic carbocycles. The van der Waals surface area contributed by atoms with Gasteiger partial charge in [-0.25, -0.2) is 9.97 Å². The molecule has 0 fully saturated rings. The van der Waals surface area contributed by atoms with Crippen molar-refractivity contribution in [2.45, 2.75) is 33.2 Å². The van der Waals surface area contributed by atoms with E-state index in [0.717, 1.165) is 11.3 Å². The molecule has 110 valence electrons. The lowest BCUT2D eigenvalue weighted by Crippen LogP contribution is -2.27. The molecule has 5 heteroatoms. The number of rotatable bonds is 3. The van der Waals surface area contributed by atoms with Gasteiger partial charge in [0.1, 0.15) is 17.8 Å². The van der Waals surface area contributed by atoms with Crippen molar-refractivity contribution in [3.8, 4) is 0 Å². The van der Waals surface area contributed by atoms with Crippen molar-refractivity contribution in [2.75, 3.05) is 10.6 Å². The quantitative estimate of drug-likeness (QED) is 0.908.